The SMILES string of the molecule is O=c1ccc(=O)n(NC(=S)Nc2ccccc2)[nH]1. The lowest BCUT2D eigenvalue weighted by atomic mass is 10.3. The molecule has 2 aromatic rings. The summed E-state index contributed by atoms with van der Waals surface area (Å²) >= 11 is 5.02. The number of hydrogen-bond acceptors (Lipinski definition) is 3. The Morgan fingerprint density at radius 2 is 1.83 bits per heavy atom. The van der Waals surface area contributed by atoms with Gasteiger partial charge in [-0.05, 0) is 24.4 Å². The standard InChI is InChI=1S/C11H10N4O2S/c16-9-6-7-10(17)15(13-9)14-11(18)12-8-4-2-1-3-5-8/h1-7H,(H,13,16)(H2,12,14,18). The van der Waals surface area contributed by atoms with Crippen molar-refractivity contribution in [2.24, 2.45) is 0 Å². The van der Waals surface area contributed by atoms with Crippen LogP contribution in [-0.4, -0.2) is 15.0 Å². The van der Waals surface area contributed by atoms with E-state index < -0.39 is 11.1 Å². The summed E-state index contributed by atoms with van der Waals surface area (Å²) in [7, 11) is 0. The Labute approximate surface area is 107 Å². The van der Waals surface area contributed by atoms with Crippen LogP contribution in [0.3, 0.4) is 0 Å². The van der Waals surface area contributed by atoms with Crippen LogP contribution in [0.1, 0.15) is 0 Å². The molecule has 0 aliphatic rings. The average Bonchev–Trinajstić information content (AvgIpc) is 2.35. The van der Waals surface area contributed by atoms with Crippen LogP contribution in [0.15, 0.2) is 52.1 Å². The summed E-state index contributed by atoms with van der Waals surface area (Å²) in [4.78, 5) is 23.4. The fraction of sp³-hybridized carbons (Fsp3) is 0. The zero-order chi connectivity index (χ0) is 13.0. The molecule has 92 valence electrons. The van der Waals surface area contributed by atoms with Crippen molar-refractivity contribution < 1.29 is 0 Å². The van der Waals surface area contributed by atoms with Gasteiger partial charge in [0.15, 0.2) is 5.11 Å². The number of anilines is 1. The van der Waals surface area contributed by atoms with Crippen LogP contribution in [-0.2, 0) is 0 Å². The quantitative estimate of drug-likeness (QED) is 0.686. The molecule has 0 aliphatic carbocycles. The molecule has 3 N–H and O–H groups in total. The smallest absolute Gasteiger partial charge is 0.284 e. The van der Waals surface area contributed by atoms with E-state index in [1.807, 2.05) is 30.3 Å². The second-order valence-electron chi connectivity index (χ2n) is 3.41. The second-order valence-corrected chi connectivity index (χ2v) is 3.82. The van der Waals surface area contributed by atoms with Gasteiger partial charge in [0.25, 0.3) is 11.1 Å². The fourth-order valence-corrected chi connectivity index (χ4v) is 1.50. The first-order chi connectivity index (χ1) is 8.65. The molecule has 6 nitrogen and oxygen atoms in total. The van der Waals surface area contributed by atoms with Gasteiger partial charge in [-0.25, -0.2) is 5.10 Å². The first-order valence-electron chi connectivity index (χ1n) is 5.10. The highest BCUT2D eigenvalue weighted by Crippen LogP contribution is 2.04. The predicted octanol–water partition coefficient (Wildman–Crippen LogP) is 0.477. The number of nitrogens with one attached hydrogen (secondary N) is 3. The van der Waals surface area contributed by atoms with E-state index in [4.69, 9.17) is 12.2 Å². The third-order valence-corrected chi connectivity index (χ3v) is 2.26. The topological polar surface area (TPSA) is 78.9 Å². The van der Waals surface area contributed by atoms with Gasteiger partial charge in [-0.1, -0.05) is 18.2 Å². The minimum absolute atomic E-state index is 0.199. The van der Waals surface area contributed by atoms with E-state index in [1.165, 1.54) is 0 Å². The molecule has 0 fully saturated rings. The molecule has 1 aromatic heterocycles. The Bertz CT molecular complexity index is 662. The summed E-state index contributed by atoms with van der Waals surface area (Å²) in [5, 5.41) is 5.38. The lowest BCUT2D eigenvalue weighted by Crippen LogP contribution is -2.39. The second kappa shape index (κ2) is 5.28. The minimum Gasteiger partial charge on any atom is -0.331 e. The Balaban J connectivity index is 2.10. The molecule has 7 heteroatoms. The molecular formula is C11H10N4O2S. The van der Waals surface area contributed by atoms with Crippen LogP contribution < -0.4 is 21.9 Å². The number of H-pyrrole nitrogens is 1. The van der Waals surface area contributed by atoms with Crippen molar-refractivity contribution in [1.29, 1.82) is 0 Å². The van der Waals surface area contributed by atoms with E-state index in [1.54, 1.807) is 0 Å². The van der Waals surface area contributed by atoms with Crippen molar-refractivity contribution in [3.63, 3.8) is 0 Å². The number of aromatic amines is 1. The lowest BCUT2D eigenvalue weighted by molar-refractivity contribution is 0.734. The van der Waals surface area contributed by atoms with Gasteiger partial charge in [0, 0.05) is 17.8 Å². The van der Waals surface area contributed by atoms with Crippen LogP contribution in [0.5, 0.6) is 0 Å². The number of nitrogens with zero attached hydrogens (tertiary/aromatic N) is 1. The summed E-state index contributed by atoms with van der Waals surface area (Å²) in [6.45, 7) is 0. The molecule has 0 radical (unpaired) electrons. The van der Waals surface area contributed by atoms with E-state index in [2.05, 4.69) is 15.8 Å². The van der Waals surface area contributed by atoms with Gasteiger partial charge in [-0.2, -0.15) is 4.79 Å². The number of benzene rings is 1. The van der Waals surface area contributed by atoms with E-state index in [0.717, 1.165) is 22.6 Å². The van der Waals surface area contributed by atoms with Crippen LogP contribution in [0.4, 0.5) is 5.69 Å². The summed E-state index contributed by atoms with van der Waals surface area (Å²) in [6.07, 6.45) is 0. The van der Waals surface area contributed by atoms with Crippen LogP contribution >= 0.6 is 12.2 Å². The van der Waals surface area contributed by atoms with Crippen molar-refractivity contribution in [1.82, 2.24) is 9.89 Å². The highest BCUT2D eigenvalue weighted by molar-refractivity contribution is 7.80. The highest BCUT2D eigenvalue weighted by atomic mass is 32.1. The molecule has 0 bridgehead atoms. The Morgan fingerprint density at radius 1 is 1.11 bits per heavy atom. The number of hydrogen-bond donors (Lipinski definition) is 3. The van der Waals surface area contributed by atoms with Gasteiger partial charge >= 0.3 is 0 Å². The van der Waals surface area contributed by atoms with Gasteiger partial charge in [-0.15, -0.1) is 0 Å². The molecule has 2 rings (SSSR count). The molecule has 1 aromatic carbocycles. The zero-order valence-corrected chi connectivity index (χ0v) is 10.0. The molecule has 1 heterocycles. The van der Waals surface area contributed by atoms with E-state index in [9.17, 15) is 9.59 Å². The van der Waals surface area contributed by atoms with E-state index in [0.29, 0.717) is 0 Å². The normalized spacial score (nSPS) is 9.78. The number of rotatable bonds is 2. The third-order valence-electron chi connectivity index (χ3n) is 2.06. The van der Waals surface area contributed by atoms with Crippen molar-refractivity contribution >= 4 is 23.0 Å². The zero-order valence-electron chi connectivity index (χ0n) is 9.21. The maximum absolute atomic E-state index is 11.4. The molecular weight excluding hydrogens is 252 g/mol. The lowest BCUT2D eigenvalue weighted by Gasteiger charge is -2.11. The average molecular weight is 262 g/mol. The molecule has 0 amide bonds. The van der Waals surface area contributed by atoms with Crippen molar-refractivity contribution in [3.05, 3.63) is 63.2 Å². The molecule has 18 heavy (non-hydrogen) atoms. The molecule has 0 spiro atoms. The van der Waals surface area contributed by atoms with Crippen LogP contribution in [0.25, 0.3) is 0 Å². The van der Waals surface area contributed by atoms with Crippen LogP contribution in [0.2, 0.25) is 0 Å². The summed E-state index contributed by atoms with van der Waals surface area (Å²) in [6, 6.07) is 11.5. The largest absolute Gasteiger partial charge is 0.331 e. The van der Waals surface area contributed by atoms with Gasteiger partial charge < -0.3 is 5.32 Å². The molecule has 0 unspecified atom stereocenters. The Hall–Kier alpha value is -2.41. The summed E-state index contributed by atoms with van der Waals surface area (Å²) < 4.78 is 0. The van der Waals surface area contributed by atoms with Crippen molar-refractivity contribution in [2.75, 3.05) is 10.7 Å². The number of thiocarbonyl (C=S) groups is 1. The van der Waals surface area contributed by atoms with E-state index in [-0.39, 0.29) is 5.11 Å². The first kappa shape index (κ1) is 12.1. The monoisotopic (exact) mass is 262 g/mol. The Morgan fingerprint density at radius 3 is 2.56 bits per heavy atom. The van der Waals surface area contributed by atoms with Gasteiger partial charge in [0.2, 0.25) is 0 Å². The molecule has 0 saturated carbocycles. The van der Waals surface area contributed by atoms with Gasteiger partial charge in [0.1, 0.15) is 0 Å². The molecule has 0 aliphatic heterocycles. The van der Waals surface area contributed by atoms with Crippen LogP contribution in [0, 0.1) is 0 Å². The molecule has 0 atom stereocenters. The molecule has 0 saturated heterocycles. The minimum atomic E-state index is -0.410. The Kier molecular flexibility index (Phi) is 3.54. The fourth-order valence-electron chi connectivity index (χ4n) is 1.29. The van der Waals surface area contributed by atoms with Gasteiger partial charge in [-0.3, -0.25) is 15.0 Å². The summed E-state index contributed by atoms with van der Waals surface area (Å²) in [5.74, 6) is 0. The number of para-hydroxylation sites is 1. The first-order valence-corrected chi connectivity index (χ1v) is 5.51. The predicted molar refractivity (Wildman–Crippen MR) is 73.3 cm³/mol. The maximum atomic E-state index is 11.4. The number of aromatic nitrogens is 2. The summed E-state index contributed by atoms with van der Waals surface area (Å²) in [5.41, 5.74) is 2.54. The van der Waals surface area contributed by atoms with E-state index >= 15 is 0 Å². The van der Waals surface area contributed by atoms with Crippen molar-refractivity contribution in [3.8, 4) is 0 Å². The van der Waals surface area contributed by atoms with Crippen molar-refractivity contribution in [2.45, 2.75) is 0 Å². The third kappa shape index (κ3) is 3.05. The highest BCUT2D eigenvalue weighted by Gasteiger charge is 2.00. The van der Waals surface area contributed by atoms with Gasteiger partial charge in [0.05, 0.1) is 0 Å². The maximum Gasteiger partial charge on any atom is 0.284 e.